The summed E-state index contributed by atoms with van der Waals surface area (Å²) in [5.41, 5.74) is 0.0741. The molecule has 1 aliphatic heterocycles. The maximum absolute atomic E-state index is 12.3. The first kappa shape index (κ1) is 11.9. The van der Waals surface area contributed by atoms with E-state index in [-0.39, 0.29) is 5.41 Å². The molecular formula is C14H25NO. The SMILES string of the molecule is CCC1(C(=O)N2CCC(C(C)C)CC2)CC1. The molecule has 92 valence electrons. The lowest BCUT2D eigenvalue weighted by Gasteiger charge is -2.35. The van der Waals surface area contributed by atoms with Crippen LogP contribution >= 0.6 is 0 Å². The number of piperidine rings is 1. The Hall–Kier alpha value is -0.530. The summed E-state index contributed by atoms with van der Waals surface area (Å²) in [6.45, 7) is 8.77. The summed E-state index contributed by atoms with van der Waals surface area (Å²) >= 11 is 0. The van der Waals surface area contributed by atoms with Crippen molar-refractivity contribution in [1.29, 1.82) is 0 Å². The van der Waals surface area contributed by atoms with Crippen LogP contribution in [-0.4, -0.2) is 23.9 Å². The Morgan fingerprint density at radius 1 is 1.31 bits per heavy atom. The Labute approximate surface area is 99.4 Å². The average molecular weight is 223 g/mol. The van der Waals surface area contributed by atoms with Gasteiger partial charge in [0.1, 0.15) is 0 Å². The number of hydrogen-bond donors (Lipinski definition) is 0. The molecule has 0 N–H and O–H groups in total. The smallest absolute Gasteiger partial charge is 0.228 e. The number of likely N-dealkylation sites (tertiary alicyclic amines) is 1. The molecule has 0 aromatic rings. The summed E-state index contributed by atoms with van der Waals surface area (Å²) in [5.74, 6) is 2.07. The lowest BCUT2D eigenvalue weighted by Crippen LogP contribution is -2.43. The Balaban J connectivity index is 1.87. The van der Waals surface area contributed by atoms with E-state index in [0.717, 1.165) is 44.2 Å². The second-order valence-electron chi connectivity index (χ2n) is 6.01. The molecule has 2 rings (SSSR count). The zero-order valence-electron chi connectivity index (χ0n) is 11.0. The highest BCUT2D eigenvalue weighted by Crippen LogP contribution is 2.50. The molecule has 1 aliphatic carbocycles. The van der Waals surface area contributed by atoms with Crippen molar-refractivity contribution in [1.82, 2.24) is 4.90 Å². The molecule has 1 saturated heterocycles. The maximum Gasteiger partial charge on any atom is 0.228 e. The highest BCUT2D eigenvalue weighted by atomic mass is 16.2. The molecule has 0 radical (unpaired) electrons. The summed E-state index contributed by atoms with van der Waals surface area (Å²) in [5, 5.41) is 0. The molecule has 2 heteroatoms. The van der Waals surface area contributed by atoms with E-state index in [9.17, 15) is 4.79 Å². The van der Waals surface area contributed by atoms with E-state index >= 15 is 0 Å². The molecule has 0 spiro atoms. The van der Waals surface area contributed by atoms with Crippen LogP contribution in [0.2, 0.25) is 0 Å². The van der Waals surface area contributed by atoms with Crippen molar-refractivity contribution >= 4 is 5.91 Å². The molecule has 1 heterocycles. The van der Waals surface area contributed by atoms with E-state index < -0.39 is 0 Å². The van der Waals surface area contributed by atoms with Crippen molar-refractivity contribution in [3.05, 3.63) is 0 Å². The monoisotopic (exact) mass is 223 g/mol. The fourth-order valence-corrected chi connectivity index (χ4v) is 2.97. The highest BCUT2D eigenvalue weighted by molar-refractivity contribution is 5.85. The maximum atomic E-state index is 12.3. The minimum Gasteiger partial charge on any atom is -0.342 e. The largest absolute Gasteiger partial charge is 0.342 e. The lowest BCUT2D eigenvalue weighted by molar-refractivity contribution is -0.138. The first-order chi connectivity index (χ1) is 7.59. The minimum absolute atomic E-state index is 0.0741. The Morgan fingerprint density at radius 3 is 2.25 bits per heavy atom. The fraction of sp³-hybridized carbons (Fsp3) is 0.929. The quantitative estimate of drug-likeness (QED) is 0.720. The van der Waals surface area contributed by atoms with Crippen LogP contribution < -0.4 is 0 Å². The van der Waals surface area contributed by atoms with Gasteiger partial charge in [-0.2, -0.15) is 0 Å². The molecule has 0 bridgehead atoms. The Kier molecular flexibility index (Phi) is 3.27. The zero-order valence-corrected chi connectivity index (χ0v) is 11.0. The summed E-state index contributed by atoms with van der Waals surface area (Å²) in [4.78, 5) is 14.5. The molecule has 2 aliphatic rings. The van der Waals surface area contributed by atoms with Crippen molar-refractivity contribution in [2.75, 3.05) is 13.1 Å². The van der Waals surface area contributed by atoms with Crippen molar-refractivity contribution in [3.63, 3.8) is 0 Å². The number of hydrogen-bond acceptors (Lipinski definition) is 1. The van der Waals surface area contributed by atoms with Crippen LogP contribution in [-0.2, 0) is 4.79 Å². The molecule has 1 amide bonds. The molecule has 1 saturated carbocycles. The summed E-state index contributed by atoms with van der Waals surface area (Å²) in [6.07, 6.45) is 5.72. The number of nitrogens with zero attached hydrogens (tertiary/aromatic N) is 1. The third-order valence-electron chi connectivity index (χ3n) is 4.75. The average Bonchev–Trinajstić information content (AvgIpc) is 3.09. The van der Waals surface area contributed by atoms with E-state index in [1.165, 1.54) is 12.8 Å². The predicted molar refractivity (Wildman–Crippen MR) is 66.1 cm³/mol. The molecule has 0 unspecified atom stereocenters. The molecule has 2 fully saturated rings. The van der Waals surface area contributed by atoms with Gasteiger partial charge >= 0.3 is 0 Å². The fourth-order valence-electron chi connectivity index (χ4n) is 2.97. The molecular weight excluding hydrogens is 198 g/mol. The second-order valence-corrected chi connectivity index (χ2v) is 6.01. The highest BCUT2D eigenvalue weighted by Gasteiger charge is 2.50. The van der Waals surface area contributed by atoms with Crippen molar-refractivity contribution in [2.24, 2.45) is 17.3 Å². The van der Waals surface area contributed by atoms with E-state index in [2.05, 4.69) is 25.7 Å². The van der Waals surface area contributed by atoms with Gasteiger partial charge in [-0.3, -0.25) is 4.79 Å². The van der Waals surface area contributed by atoms with Crippen LogP contribution in [0, 0.1) is 17.3 Å². The summed E-state index contributed by atoms with van der Waals surface area (Å²) in [6, 6.07) is 0. The zero-order chi connectivity index (χ0) is 11.8. The van der Waals surface area contributed by atoms with Gasteiger partial charge in [0, 0.05) is 18.5 Å². The molecule has 16 heavy (non-hydrogen) atoms. The van der Waals surface area contributed by atoms with Crippen LogP contribution in [0.1, 0.15) is 52.9 Å². The molecule has 0 aromatic heterocycles. The van der Waals surface area contributed by atoms with Gasteiger partial charge < -0.3 is 4.90 Å². The Bertz CT molecular complexity index is 260. The lowest BCUT2D eigenvalue weighted by atomic mass is 9.86. The van der Waals surface area contributed by atoms with Crippen molar-refractivity contribution in [2.45, 2.75) is 52.9 Å². The first-order valence-electron chi connectivity index (χ1n) is 6.88. The molecule has 0 atom stereocenters. The number of carbonyl (C=O) groups excluding carboxylic acids is 1. The van der Waals surface area contributed by atoms with Crippen molar-refractivity contribution < 1.29 is 4.79 Å². The third-order valence-corrected chi connectivity index (χ3v) is 4.75. The van der Waals surface area contributed by atoms with E-state index in [1.807, 2.05) is 0 Å². The van der Waals surface area contributed by atoms with Gasteiger partial charge in [0.15, 0.2) is 0 Å². The summed E-state index contributed by atoms with van der Waals surface area (Å²) in [7, 11) is 0. The Morgan fingerprint density at radius 2 is 1.88 bits per heavy atom. The second kappa shape index (κ2) is 4.38. The summed E-state index contributed by atoms with van der Waals surface area (Å²) < 4.78 is 0. The number of amides is 1. The molecule has 2 nitrogen and oxygen atoms in total. The minimum atomic E-state index is 0.0741. The van der Waals surface area contributed by atoms with Gasteiger partial charge in [-0.1, -0.05) is 20.8 Å². The van der Waals surface area contributed by atoms with Crippen molar-refractivity contribution in [3.8, 4) is 0 Å². The van der Waals surface area contributed by atoms with Gasteiger partial charge in [-0.15, -0.1) is 0 Å². The molecule has 0 aromatic carbocycles. The van der Waals surface area contributed by atoms with Crippen LogP contribution in [0.25, 0.3) is 0 Å². The van der Waals surface area contributed by atoms with Crippen LogP contribution in [0.15, 0.2) is 0 Å². The predicted octanol–water partition coefficient (Wildman–Crippen LogP) is 3.07. The third kappa shape index (κ3) is 2.11. The number of carbonyl (C=O) groups is 1. The number of rotatable bonds is 3. The van der Waals surface area contributed by atoms with Crippen LogP contribution in [0.4, 0.5) is 0 Å². The standard InChI is InChI=1S/C14H25NO/c1-4-14(7-8-14)13(16)15-9-5-12(6-10-15)11(2)3/h11-12H,4-10H2,1-3H3. The normalized spacial score (nSPS) is 24.9. The van der Waals surface area contributed by atoms with E-state index in [0.29, 0.717) is 5.91 Å². The van der Waals surface area contributed by atoms with Gasteiger partial charge in [0.05, 0.1) is 0 Å². The van der Waals surface area contributed by atoms with Gasteiger partial charge in [-0.25, -0.2) is 0 Å². The van der Waals surface area contributed by atoms with Gasteiger partial charge in [0.2, 0.25) is 5.91 Å². The first-order valence-corrected chi connectivity index (χ1v) is 6.88. The van der Waals surface area contributed by atoms with E-state index in [4.69, 9.17) is 0 Å². The topological polar surface area (TPSA) is 20.3 Å². The van der Waals surface area contributed by atoms with E-state index in [1.54, 1.807) is 0 Å². The van der Waals surface area contributed by atoms with Crippen LogP contribution in [0.3, 0.4) is 0 Å². The van der Waals surface area contributed by atoms with Gasteiger partial charge in [0.25, 0.3) is 0 Å². The van der Waals surface area contributed by atoms with Gasteiger partial charge in [-0.05, 0) is 43.9 Å². The van der Waals surface area contributed by atoms with Crippen LogP contribution in [0.5, 0.6) is 0 Å².